The molecule has 0 aromatic heterocycles. The van der Waals surface area contributed by atoms with Gasteiger partial charge in [0.05, 0.1) is 13.2 Å². The van der Waals surface area contributed by atoms with Crippen molar-refractivity contribution < 1.29 is 19.1 Å². The molecule has 1 amide bonds. The van der Waals surface area contributed by atoms with Gasteiger partial charge in [-0.15, -0.1) is 0 Å². The minimum atomic E-state index is -0.606. The van der Waals surface area contributed by atoms with Crippen LogP contribution in [-0.2, 0) is 14.3 Å². The molecule has 5 heteroatoms. The second-order valence-electron chi connectivity index (χ2n) is 9.09. The zero-order chi connectivity index (χ0) is 23.7. The number of hydrogen-bond donors (Lipinski definition) is 1. The summed E-state index contributed by atoms with van der Waals surface area (Å²) < 4.78 is 10.5. The largest absolute Gasteiger partial charge is 0.464 e. The van der Waals surface area contributed by atoms with Crippen LogP contribution in [0.15, 0.2) is 0 Å². The molecule has 1 atom stereocenters. The van der Waals surface area contributed by atoms with E-state index in [1.807, 2.05) is 13.8 Å². The second-order valence-corrected chi connectivity index (χ2v) is 9.09. The Hall–Kier alpha value is -1.26. The Bertz CT molecular complexity index is 428. The molecule has 0 aromatic rings. The molecule has 0 aliphatic heterocycles. The third kappa shape index (κ3) is 20.6. The SMILES string of the molecule is CCCCCCCCCCCCCCCCCOC(=O)C(CCC)NC(=O)OCCCC. The molecule has 0 heterocycles. The van der Waals surface area contributed by atoms with Gasteiger partial charge in [0.25, 0.3) is 0 Å². The lowest BCUT2D eigenvalue weighted by molar-refractivity contribution is -0.146. The summed E-state index contributed by atoms with van der Waals surface area (Å²) in [6, 6.07) is -0.606. The van der Waals surface area contributed by atoms with Crippen LogP contribution in [0.2, 0.25) is 0 Å². The maximum Gasteiger partial charge on any atom is 0.407 e. The van der Waals surface area contributed by atoms with Crippen molar-refractivity contribution >= 4 is 12.1 Å². The highest BCUT2D eigenvalue weighted by Gasteiger charge is 2.21. The van der Waals surface area contributed by atoms with Gasteiger partial charge in [-0.05, 0) is 19.3 Å². The monoisotopic (exact) mass is 455 g/mol. The molecule has 0 rings (SSSR count). The fraction of sp³-hybridized carbons (Fsp3) is 0.926. The molecule has 190 valence electrons. The first-order chi connectivity index (χ1) is 15.7. The van der Waals surface area contributed by atoms with Gasteiger partial charge in [-0.3, -0.25) is 0 Å². The zero-order valence-electron chi connectivity index (χ0n) is 21.6. The van der Waals surface area contributed by atoms with Gasteiger partial charge in [-0.1, -0.05) is 124 Å². The number of esters is 1. The van der Waals surface area contributed by atoms with Crippen LogP contribution >= 0.6 is 0 Å². The molecule has 0 spiro atoms. The van der Waals surface area contributed by atoms with Crippen molar-refractivity contribution in [2.45, 2.75) is 149 Å². The summed E-state index contributed by atoms with van der Waals surface area (Å²) in [6.07, 6.45) is 22.3. The first-order valence-corrected chi connectivity index (χ1v) is 13.8. The zero-order valence-corrected chi connectivity index (χ0v) is 21.6. The Labute approximate surface area is 198 Å². The van der Waals surface area contributed by atoms with Crippen molar-refractivity contribution in [3.05, 3.63) is 0 Å². The summed E-state index contributed by atoms with van der Waals surface area (Å²) in [4.78, 5) is 24.0. The fourth-order valence-corrected chi connectivity index (χ4v) is 3.78. The third-order valence-electron chi connectivity index (χ3n) is 5.88. The number of nitrogens with one attached hydrogen (secondary N) is 1. The summed E-state index contributed by atoms with van der Waals surface area (Å²) in [6.45, 7) is 7.11. The lowest BCUT2D eigenvalue weighted by atomic mass is 10.0. The standard InChI is InChI=1S/C27H53NO4/c1-4-7-9-10-11-12-13-14-15-16-17-18-19-20-21-24-31-26(29)25(22-6-3)28-27(30)32-23-8-5-2/h25H,4-24H2,1-3H3,(H,28,30). The quantitative estimate of drug-likeness (QED) is 0.125. The molecule has 0 saturated carbocycles. The second kappa shape index (κ2) is 24.4. The normalized spacial score (nSPS) is 11.8. The maximum atomic E-state index is 12.3. The molecular formula is C27H53NO4. The van der Waals surface area contributed by atoms with Crippen LogP contribution in [0.4, 0.5) is 4.79 Å². The van der Waals surface area contributed by atoms with Gasteiger partial charge in [-0.25, -0.2) is 9.59 Å². The van der Waals surface area contributed by atoms with Gasteiger partial charge in [0.2, 0.25) is 0 Å². The van der Waals surface area contributed by atoms with E-state index < -0.39 is 12.1 Å². The van der Waals surface area contributed by atoms with Crippen molar-refractivity contribution in [3.63, 3.8) is 0 Å². The maximum absolute atomic E-state index is 12.3. The first-order valence-electron chi connectivity index (χ1n) is 13.8. The lowest BCUT2D eigenvalue weighted by Gasteiger charge is -2.17. The smallest absolute Gasteiger partial charge is 0.407 e. The summed E-state index contributed by atoms with van der Waals surface area (Å²) in [5.74, 6) is -0.343. The Kier molecular flexibility index (Phi) is 23.4. The van der Waals surface area contributed by atoms with E-state index in [9.17, 15) is 9.59 Å². The van der Waals surface area contributed by atoms with Crippen LogP contribution in [0.25, 0.3) is 0 Å². The van der Waals surface area contributed by atoms with Crippen LogP contribution in [0, 0.1) is 0 Å². The third-order valence-corrected chi connectivity index (χ3v) is 5.88. The molecule has 0 fully saturated rings. The average Bonchev–Trinajstić information content (AvgIpc) is 2.78. The summed E-state index contributed by atoms with van der Waals surface area (Å²) in [5, 5.41) is 2.65. The number of unbranched alkanes of at least 4 members (excludes halogenated alkanes) is 15. The number of carbonyl (C=O) groups is 2. The number of hydrogen-bond acceptors (Lipinski definition) is 4. The van der Waals surface area contributed by atoms with E-state index in [0.717, 1.165) is 32.1 Å². The van der Waals surface area contributed by atoms with Crippen LogP contribution in [0.5, 0.6) is 0 Å². The minimum absolute atomic E-state index is 0.343. The highest BCUT2D eigenvalue weighted by atomic mass is 16.6. The number of carbonyl (C=O) groups excluding carboxylic acids is 2. The number of ether oxygens (including phenoxy) is 2. The molecule has 1 unspecified atom stereocenters. The van der Waals surface area contributed by atoms with Gasteiger partial charge in [0.1, 0.15) is 6.04 Å². The molecule has 1 N–H and O–H groups in total. The molecule has 5 nitrogen and oxygen atoms in total. The van der Waals surface area contributed by atoms with Gasteiger partial charge < -0.3 is 14.8 Å². The number of alkyl carbamates (subject to hydrolysis) is 1. The van der Waals surface area contributed by atoms with E-state index >= 15 is 0 Å². The summed E-state index contributed by atoms with van der Waals surface area (Å²) >= 11 is 0. The van der Waals surface area contributed by atoms with Crippen molar-refractivity contribution in [2.24, 2.45) is 0 Å². The van der Waals surface area contributed by atoms with E-state index in [4.69, 9.17) is 9.47 Å². The minimum Gasteiger partial charge on any atom is -0.464 e. The topological polar surface area (TPSA) is 64.6 Å². The molecule has 0 aliphatic carbocycles. The molecule has 0 aliphatic rings. The Balaban J connectivity index is 3.56. The number of rotatable bonds is 23. The van der Waals surface area contributed by atoms with E-state index in [1.54, 1.807) is 0 Å². The number of amides is 1. The van der Waals surface area contributed by atoms with E-state index in [0.29, 0.717) is 19.6 Å². The molecular weight excluding hydrogens is 402 g/mol. The van der Waals surface area contributed by atoms with E-state index in [2.05, 4.69) is 12.2 Å². The molecule has 0 radical (unpaired) electrons. The molecule has 0 saturated heterocycles. The fourth-order valence-electron chi connectivity index (χ4n) is 3.78. The van der Waals surface area contributed by atoms with Crippen molar-refractivity contribution in [1.82, 2.24) is 5.32 Å². The van der Waals surface area contributed by atoms with Gasteiger partial charge >= 0.3 is 12.1 Å². The first kappa shape index (κ1) is 30.7. The van der Waals surface area contributed by atoms with Crippen molar-refractivity contribution in [1.29, 1.82) is 0 Å². The van der Waals surface area contributed by atoms with E-state index in [1.165, 1.54) is 83.5 Å². The summed E-state index contributed by atoms with van der Waals surface area (Å²) in [5.41, 5.74) is 0. The lowest BCUT2D eigenvalue weighted by Crippen LogP contribution is -2.42. The molecule has 0 bridgehead atoms. The average molecular weight is 456 g/mol. The Morgan fingerprint density at radius 3 is 1.47 bits per heavy atom. The highest BCUT2D eigenvalue weighted by molar-refractivity contribution is 5.81. The Morgan fingerprint density at radius 1 is 0.562 bits per heavy atom. The molecule has 0 aromatic carbocycles. The highest BCUT2D eigenvalue weighted by Crippen LogP contribution is 2.13. The van der Waals surface area contributed by atoms with Crippen LogP contribution in [0.1, 0.15) is 143 Å². The van der Waals surface area contributed by atoms with Crippen LogP contribution < -0.4 is 5.32 Å². The molecule has 32 heavy (non-hydrogen) atoms. The van der Waals surface area contributed by atoms with Crippen LogP contribution in [0.3, 0.4) is 0 Å². The van der Waals surface area contributed by atoms with Crippen molar-refractivity contribution in [2.75, 3.05) is 13.2 Å². The van der Waals surface area contributed by atoms with Gasteiger partial charge in [-0.2, -0.15) is 0 Å². The predicted molar refractivity (Wildman–Crippen MR) is 134 cm³/mol. The van der Waals surface area contributed by atoms with E-state index in [-0.39, 0.29) is 5.97 Å². The van der Waals surface area contributed by atoms with Gasteiger partial charge in [0.15, 0.2) is 0 Å². The Morgan fingerprint density at radius 2 is 1.00 bits per heavy atom. The predicted octanol–water partition coefficient (Wildman–Crippen LogP) is 8.10. The van der Waals surface area contributed by atoms with Crippen LogP contribution in [-0.4, -0.2) is 31.3 Å². The summed E-state index contributed by atoms with van der Waals surface area (Å²) in [7, 11) is 0. The van der Waals surface area contributed by atoms with Gasteiger partial charge in [0, 0.05) is 0 Å². The van der Waals surface area contributed by atoms with Crippen molar-refractivity contribution in [3.8, 4) is 0 Å².